The largest absolute Gasteiger partial charge is 0.219 e. The molecular weight excluding hydrogens is 367 g/mol. The lowest BCUT2D eigenvalue weighted by Crippen LogP contribution is -2.11. The molecule has 0 amide bonds. The standard InChI is InChI=1S/C14H11Cl3N2S2/c15-9-3-1-2-8(6-9)11-12(16)18-14(19-13(11)17)10-7-20-4-5-21-10/h1-3,6,10H,4-5,7H2. The summed E-state index contributed by atoms with van der Waals surface area (Å²) in [6, 6.07) is 7.36. The Bertz CT molecular complexity index is 637. The van der Waals surface area contributed by atoms with Gasteiger partial charge in [-0.05, 0) is 17.7 Å². The molecule has 2 aromatic rings. The predicted octanol–water partition coefficient (Wildman–Crippen LogP) is 5.62. The van der Waals surface area contributed by atoms with E-state index in [1.807, 2.05) is 41.7 Å². The summed E-state index contributed by atoms with van der Waals surface area (Å²) in [5.74, 6) is 3.98. The van der Waals surface area contributed by atoms with Crippen molar-refractivity contribution < 1.29 is 0 Å². The van der Waals surface area contributed by atoms with E-state index in [1.54, 1.807) is 6.07 Å². The molecule has 0 saturated carbocycles. The molecule has 0 N–H and O–H groups in total. The van der Waals surface area contributed by atoms with Gasteiger partial charge in [0.1, 0.15) is 16.1 Å². The Morgan fingerprint density at radius 3 is 2.43 bits per heavy atom. The van der Waals surface area contributed by atoms with Crippen molar-refractivity contribution in [1.29, 1.82) is 0 Å². The number of halogens is 3. The minimum Gasteiger partial charge on any atom is -0.219 e. The van der Waals surface area contributed by atoms with Gasteiger partial charge in [-0.15, -0.1) is 11.8 Å². The summed E-state index contributed by atoms with van der Waals surface area (Å²) in [6.07, 6.45) is 0. The highest BCUT2D eigenvalue weighted by atomic mass is 35.5. The fourth-order valence-corrected chi connectivity index (χ4v) is 5.49. The molecule has 0 bridgehead atoms. The molecule has 0 aliphatic carbocycles. The predicted molar refractivity (Wildman–Crippen MR) is 95.0 cm³/mol. The Hall–Kier alpha value is -0.130. The van der Waals surface area contributed by atoms with Crippen molar-refractivity contribution in [3.63, 3.8) is 0 Å². The van der Waals surface area contributed by atoms with E-state index in [2.05, 4.69) is 9.97 Å². The van der Waals surface area contributed by atoms with E-state index in [4.69, 9.17) is 34.8 Å². The molecule has 0 spiro atoms. The number of hydrogen-bond acceptors (Lipinski definition) is 4. The molecule has 1 atom stereocenters. The van der Waals surface area contributed by atoms with Crippen molar-refractivity contribution in [3.05, 3.63) is 45.4 Å². The molecule has 1 aliphatic heterocycles. The van der Waals surface area contributed by atoms with Crippen molar-refractivity contribution in [2.45, 2.75) is 5.25 Å². The normalized spacial score (nSPS) is 18.7. The van der Waals surface area contributed by atoms with Gasteiger partial charge < -0.3 is 0 Å². The van der Waals surface area contributed by atoms with Gasteiger partial charge >= 0.3 is 0 Å². The topological polar surface area (TPSA) is 25.8 Å². The molecule has 1 aromatic heterocycles. The smallest absolute Gasteiger partial charge is 0.145 e. The van der Waals surface area contributed by atoms with Crippen LogP contribution in [0.5, 0.6) is 0 Å². The number of aromatic nitrogens is 2. The fourth-order valence-electron chi connectivity index (χ4n) is 2.09. The third-order valence-corrected chi connectivity index (χ3v) is 6.59. The summed E-state index contributed by atoms with van der Waals surface area (Å²) in [5.41, 5.74) is 1.47. The lowest BCUT2D eigenvalue weighted by molar-refractivity contribution is 0.925. The maximum absolute atomic E-state index is 6.35. The van der Waals surface area contributed by atoms with E-state index in [9.17, 15) is 0 Å². The zero-order valence-electron chi connectivity index (χ0n) is 10.9. The summed E-state index contributed by atoms with van der Waals surface area (Å²) in [5, 5.41) is 1.64. The first-order valence-corrected chi connectivity index (χ1v) is 9.67. The van der Waals surface area contributed by atoms with E-state index in [0.29, 0.717) is 26.7 Å². The van der Waals surface area contributed by atoms with E-state index in [-0.39, 0.29) is 5.25 Å². The Morgan fingerprint density at radius 2 is 1.81 bits per heavy atom. The summed E-state index contributed by atoms with van der Waals surface area (Å²) in [6.45, 7) is 0. The number of benzene rings is 1. The summed E-state index contributed by atoms with van der Waals surface area (Å²) >= 11 is 22.5. The first kappa shape index (κ1) is 15.8. The first-order valence-electron chi connectivity index (χ1n) is 6.33. The van der Waals surface area contributed by atoms with E-state index in [0.717, 1.165) is 17.1 Å². The average molecular weight is 378 g/mol. The van der Waals surface area contributed by atoms with Crippen LogP contribution in [0.2, 0.25) is 15.3 Å². The Morgan fingerprint density at radius 1 is 1.05 bits per heavy atom. The molecule has 1 unspecified atom stereocenters. The van der Waals surface area contributed by atoms with Crippen LogP contribution in [-0.4, -0.2) is 27.2 Å². The molecule has 2 nitrogen and oxygen atoms in total. The number of thioether (sulfide) groups is 2. The third kappa shape index (κ3) is 3.62. The highest BCUT2D eigenvalue weighted by Crippen LogP contribution is 2.39. The summed E-state index contributed by atoms with van der Waals surface area (Å²) in [4.78, 5) is 8.91. The van der Waals surface area contributed by atoms with Crippen molar-refractivity contribution in [1.82, 2.24) is 9.97 Å². The van der Waals surface area contributed by atoms with Crippen LogP contribution in [0.15, 0.2) is 24.3 Å². The number of rotatable bonds is 2. The van der Waals surface area contributed by atoms with Crippen LogP contribution in [-0.2, 0) is 0 Å². The lowest BCUT2D eigenvalue weighted by atomic mass is 10.1. The molecule has 3 rings (SSSR count). The Balaban J connectivity index is 2.00. The van der Waals surface area contributed by atoms with Gasteiger partial charge in [0.05, 0.1) is 10.8 Å². The van der Waals surface area contributed by atoms with Crippen LogP contribution in [0.3, 0.4) is 0 Å². The van der Waals surface area contributed by atoms with Gasteiger partial charge in [-0.2, -0.15) is 11.8 Å². The quantitative estimate of drug-likeness (QED) is 0.634. The maximum atomic E-state index is 6.35. The average Bonchev–Trinajstić information content (AvgIpc) is 2.47. The van der Waals surface area contributed by atoms with Gasteiger partial charge in [0.25, 0.3) is 0 Å². The number of nitrogens with zero attached hydrogens (tertiary/aromatic N) is 2. The molecule has 21 heavy (non-hydrogen) atoms. The van der Waals surface area contributed by atoms with E-state index < -0.39 is 0 Å². The van der Waals surface area contributed by atoms with Crippen LogP contribution in [0.4, 0.5) is 0 Å². The second-order valence-electron chi connectivity index (χ2n) is 4.48. The summed E-state index contributed by atoms with van der Waals surface area (Å²) in [7, 11) is 0. The van der Waals surface area contributed by atoms with E-state index in [1.165, 1.54) is 5.75 Å². The molecule has 1 fully saturated rings. The van der Waals surface area contributed by atoms with Crippen molar-refractivity contribution in [2.24, 2.45) is 0 Å². The highest BCUT2D eigenvalue weighted by Gasteiger charge is 2.22. The zero-order valence-corrected chi connectivity index (χ0v) is 14.8. The van der Waals surface area contributed by atoms with E-state index >= 15 is 0 Å². The van der Waals surface area contributed by atoms with Gasteiger partial charge in [0.15, 0.2) is 0 Å². The lowest BCUT2D eigenvalue weighted by Gasteiger charge is -2.20. The van der Waals surface area contributed by atoms with Crippen molar-refractivity contribution in [2.75, 3.05) is 17.3 Å². The number of hydrogen-bond donors (Lipinski definition) is 0. The molecular formula is C14H11Cl3N2S2. The molecule has 110 valence electrons. The molecule has 1 saturated heterocycles. The fraction of sp³-hybridized carbons (Fsp3) is 0.286. The molecule has 0 radical (unpaired) electrons. The monoisotopic (exact) mass is 376 g/mol. The zero-order chi connectivity index (χ0) is 14.8. The SMILES string of the molecule is Clc1cccc(-c2c(Cl)nc(C3CSCCS3)nc2Cl)c1. The van der Waals surface area contributed by atoms with Gasteiger partial charge in [-0.3, -0.25) is 0 Å². The maximum Gasteiger partial charge on any atom is 0.145 e. The third-order valence-electron chi connectivity index (χ3n) is 3.06. The van der Waals surface area contributed by atoms with Crippen LogP contribution in [0.25, 0.3) is 11.1 Å². The molecule has 2 heterocycles. The minimum absolute atomic E-state index is 0.257. The molecule has 7 heteroatoms. The Kier molecular flexibility index (Phi) is 5.23. The van der Waals surface area contributed by atoms with Gasteiger partial charge in [-0.25, -0.2) is 9.97 Å². The highest BCUT2D eigenvalue weighted by molar-refractivity contribution is 8.06. The van der Waals surface area contributed by atoms with Gasteiger partial charge in [0.2, 0.25) is 0 Å². The summed E-state index contributed by atoms with van der Waals surface area (Å²) < 4.78 is 0. The minimum atomic E-state index is 0.257. The van der Waals surface area contributed by atoms with Crippen LogP contribution < -0.4 is 0 Å². The van der Waals surface area contributed by atoms with Gasteiger partial charge in [0, 0.05) is 22.3 Å². The molecule has 1 aliphatic rings. The van der Waals surface area contributed by atoms with Crippen molar-refractivity contribution in [3.8, 4) is 11.1 Å². The van der Waals surface area contributed by atoms with Crippen LogP contribution in [0, 0.1) is 0 Å². The Labute approximate surface area is 147 Å². The molecule has 1 aromatic carbocycles. The second kappa shape index (κ2) is 6.97. The van der Waals surface area contributed by atoms with Crippen molar-refractivity contribution >= 4 is 58.3 Å². The van der Waals surface area contributed by atoms with Crippen LogP contribution in [0.1, 0.15) is 11.1 Å². The van der Waals surface area contributed by atoms with Crippen LogP contribution >= 0.6 is 58.3 Å². The second-order valence-corrected chi connectivity index (χ2v) is 8.10. The van der Waals surface area contributed by atoms with Gasteiger partial charge in [-0.1, -0.05) is 46.9 Å². The first-order chi connectivity index (χ1) is 10.1.